The van der Waals surface area contributed by atoms with Gasteiger partial charge in [0.2, 0.25) is 0 Å². The van der Waals surface area contributed by atoms with Crippen LogP contribution in [0.4, 0.5) is 0 Å². The van der Waals surface area contributed by atoms with Crippen molar-refractivity contribution in [3.8, 4) is 0 Å². The van der Waals surface area contributed by atoms with Crippen LogP contribution in [0, 0.1) is 0 Å². The molecule has 0 rings (SSSR count). The first-order valence-electron chi connectivity index (χ1n) is 16.0. The molecule has 0 aromatic carbocycles. The monoisotopic (exact) mass is 631 g/mol. The highest BCUT2D eigenvalue weighted by atomic mass is 30.2. The van der Waals surface area contributed by atoms with E-state index in [9.17, 15) is 0 Å². The number of rotatable bonds is 12. The second-order valence-corrected chi connectivity index (χ2v) is 73.0. The summed E-state index contributed by atoms with van der Waals surface area (Å²) in [6.45, 7) is 57.1. The van der Waals surface area contributed by atoms with Gasteiger partial charge >= 0.3 is 0 Å². The quantitative estimate of drug-likeness (QED) is 0.195. The zero-order chi connectivity index (χ0) is 31.2. The van der Waals surface area contributed by atoms with Gasteiger partial charge in [0.05, 0.1) is 22.5 Å². The predicted molar refractivity (Wildman–Crippen MR) is 195 cm³/mol. The molecule has 0 saturated heterocycles. The summed E-state index contributed by atoms with van der Waals surface area (Å²) in [4.78, 5) is 0. The minimum absolute atomic E-state index is 0.379. The molecule has 0 atom stereocenters. The van der Waals surface area contributed by atoms with Crippen molar-refractivity contribution >= 4 is 44.6 Å². The fourth-order valence-corrected chi connectivity index (χ4v) is 215. The molecule has 1 radical (unpaired) electrons. The Kier molecular flexibility index (Phi) is 12.9. The SMILES string of the molecule is CO[Si]([Si]([Si](C)(C)C(C)(C)C)[Si](C)(C)C(C)(C)C)([Si](C(C)C)(C(C)C)C(C)C)[Si](C(C)C)(C(C)C)C(C)C. The van der Waals surface area contributed by atoms with E-state index in [0.717, 1.165) is 33.2 Å². The van der Waals surface area contributed by atoms with E-state index in [1.54, 1.807) is 0 Å². The molecule has 0 heterocycles. The van der Waals surface area contributed by atoms with Gasteiger partial charge in [-0.15, -0.1) is 0 Å². The van der Waals surface area contributed by atoms with Crippen molar-refractivity contribution in [3.05, 3.63) is 0 Å². The van der Waals surface area contributed by atoms with Crippen LogP contribution in [-0.4, -0.2) is 51.7 Å². The van der Waals surface area contributed by atoms with E-state index >= 15 is 0 Å². The maximum absolute atomic E-state index is 8.04. The summed E-state index contributed by atoms with van der Waals surface area (Å²) < 4.78 is 8.04. The Morgan fingerprint density at radius 3 is 0.737 bits per heavy atom. The molecular weight excluding hydrogens is 557 g/mol. The van der Waals surface area contributed by atoms with Crippen LogP contribution in [0.2, 0.25) is 69.5 Å². The van der Waals surface area contributed by atoms with E-state index in [1.165, 1.54) is 0 Å². The maximum Gasteiger partial charge on any atom is 0.153 e. The molecule has 0 aliphatic heterocycles. The highest BCUT2D eigenvalue weighted by Gasteiger charge is 2.80. The Labute approximate surface area is 249 Å². The summed E-state index contributed by atoms with van der Waals surface area (Å²) in [6.07, 6.45) is 0. The van der Waals surface area contributed by atoms with Gasteiger partial charge in [0.25, 0.3) is 0 Å². The summed E-state index contributed by atoms with van der Waals surface area (Å²) in [5.74, 6) is 0. The van der Waals surface area contributed by atoms with E-state index in [1.807, 2.05) is 0 Å². The zero-order valence-electron chi connectivity index (χ0n) is 30.9. The van der Waals surface area contributed by atoms with E-state index in [4.69, 9.17) is 4.43 Å². The van der Waals surface area contributed by atoms with Gasteiger partial charge in [0, 0.05) is 22.3 Å². The fourth-order valence-electron chi connectivity index (χ4n) is 10.1. The molecule has 0 aliphatic carbocycles. The Hall–Kier alpha value is 1.26. The first kappa shape index (κ1) is 39.3. The molecule has 0 N–H and O–H groups in total. The van der Waals surface area contributed by atoms with Crippen molar-refractivity contribution in [1.82, 2.24) is 0 Å². The van der Waals surface area contributed by atoms with Crippen molar-refractivity contribution in [2.45, 2.75) is 194 Å². The van der Waals surface area contributed by atoms with Crippen LogP contribution >= 0.6 is 0 Å². The van der Waals surface area contributed by atoms with Gasteiger partial charge in [-0.2, -0.15) is 0 Å². The minimum Gasteiger partial charge on any atom is -0.430 e. The Balaban J connectivity index is 9.29. The zero-order valence-corrected chi connectivity index (χ0v) is 36.9. The first-order valence-corrected chi connectivity index (χ1v) is 34.9. The van der Waals surface area contributed by atoms with E-state index in [-0.39, 0.29) is 0 Å². The average molecular weight is 632 g/mol. The second-order valence-electron chi connectivity index (χ2n) is 17.8. The highest BCUT2D eigenvalue weighted by molar-refractivity contribution is 8.03. The molecule has 1 nitrogen and oxygen atoms in total. The third-order valence-electron chi connectivity index (χ3n) is 12.6. The van der Waals surface area contributed by atoms with E-state index < -0.39 is 44.6 Å². The molecule has 0 aromatic rings. The van der Waals surface area contributed by atoms with Crippen LogP contribution in [0.3, 0.4) is 0 Å². The molecule has 7 heteroatoms. The average Bonchev–Trinajstić information content (AvgIpc) is 2.64. The summed E-state index contributed by atoms with van der Waals surface area (Å²) in [5.41, 5.74) is 4.54. The minimum atomic E-state index is -2.32. The highest BCUT2D eigenvalue weighted by Crippen LogP contribution is 2.63. The fraction of sp³-hybridized carbons (Fsp3) is 1.00. The van der Waals surface area contributed by atoms with Gasteiger partial charge in [-0.25, -0.2) is 0 Å². The van der Waals surface area contributed by atoms with Crippen LogP contribution in [0.5, 0.6) is 0 Å². The van der Waals surface area contributed by atoms with Crippen LogP contribution < -0.4 is 0 Å². The lowest BCUT2D eigenvalue weighted by Gasteiger charge is -2.72. The van der Waals surface area contributed by atoms with Crippen LogP contribution in [0.25, 0.3) is 0 Å². The summed E-state index contributed by atoms with van der Waals surface area (Å²) in [5, 5.41) is 0.757. The number of hydrogen-bond donors (Lipinski definition) is 0. The molecule has 0 aromatic heterocycles. The smallest absolute Gasteiger partial charge is 0.153 e. The summed E-state index contributed by atoms with van der Waals surface area (Å²) in [7, 11) is -5.99. The molecule has 0 fully saturated rings. The summed E-state index contributed by atoms with van der Waals surface area (Å²) in [6, 6.07) is 0. The van der Waals surface area contributed by atoms with Crippen molar-refractivity contribution in [2.24, 2.45) is 0 Å². The van der Waals surface area contributed by atoms with Gasteiger partial charge in [-0.05, 0) is 10.1 Å². The van der Waals surface area contributed by atoms with Crippen molar-refractivity contribution < 1.29 is 4.43 Å². The number of hydrogen-bond acceptors (Lipinski definition) is 1. The van der Waals surface area contributed by atoms with Crippen molar-refractivity contribution in [1.29, 1.82) is 0 Å². The Bertz CT molecular complexity index is 652. The maximum atomic E-state index is 8.04. The van der Waals surface area contributed by atoms with Crippen LogP contribution in [0.1, 0.15) is 125 Å². The lowest BCUT2D eigenvalue weighted by atomic mass is 10.2. The standard InChI is InChI=1S/C31H75OSi6/c1-24(2)36(25(3)4,26(5)6)38(32-19,37(27(7)8,28(9)10)29(11)12)33(34(20,21)30(13,14)15)35(22,23)31(16,17)18/h24-29H,1-23H3. The predicted octanol–water partition coefficient (Wildman–Crippen LogP) is 11.8. The van der Waals surface area contributed by atoms with Gasteiger partial charge in [-0.3, -0.25) is 0 Å². The molecule has 229 valence electrons. The lowest BCUT2D eigenvalue weighted by molar-refractivity contribution is 0.430. The van der Waals surface area contributed by atoms with Gasteiger partial charge in [0.15, 0.2) is 6.87 Å². The third kappa shape index (κ3) is 5.51. The topological polar surface area (TPSA) is 9.23 Å². The van der Waals surface area contributed by atoms with E-state index in [2.05, 4.69) is 158 Å². The van der Waals surface area contributed by atoms with E-state index in [0.29, 0.717) is 10.1 Å². The molecule has 38 heavy (non-hydrogen) atoms. The van der Waals surface area contributed by atoms with Crippen molar-refractivity contribution in [2.75, 3.05) is 7.11 Å². The van der Waals surface area contributed by atoms with Gasteiger partial charge in [0.1, 0.15) is 0 Å². The largest absolute Gasteiger partial charge is 0.430 e. The van der Waals surface area contributed by atoms with Crippen molar-refractivity contribution in [3.63, 3.8) is 0 Å². The molecule has 0 spiro atoms. The first-order chi connectivity index (χ1) is 16.6. The normalized spacial score (nSPS) is 15.9. The second kappa shape index (κ2) is 12.5. The molecule has 0 saturated carbocycles. The molecule has 0 amide bonds. The van der Waals surface area contributed by atoms with Crippen LogP contribution in [0.15, 0.2) is 0 Å². The van der Waals surface area contributed by atoms with Gasteiger partial charge in [-0.1, -0.05) is 184 Å². The van der Waals surface area contributed by atoms with Gasteiger partial charge < -0.3 is 4.43 Å². The molecular formula is C31H75OSi6. The Morgan fingerprint density at radius 2 is 0.632 bits per heavy atom. The molecule has 0 unspecified atom stereocenters. The third-order valence-corrected chi connectivity index (χ3v) is 129. The summed E-state index contributed by atoms with van der Waals surface area (Å²) >= 11 is 0. The Morgan fingerprint density at radius 1 is 0.447 bits per heavy atom. The molecule has 0 bridgehead atoms. The molecule has 0 aliphatic rings. The lowest BCUT2D eigenvalue weighted by Crippen LogP contribution is -2.97. The van der Waals surface area contributed by atoms with Crippen LogP contribution in [-0.2, 0) is 4.43 Å².